The van der Waals surface area contributed by atoms with E-state index < -0.39 is 0 Å². The maximum absolute atomic E-state index is 5.89. The van der Waals surface area contributed by atoms with E-state index in [2.05, 4.69) is 13.0 Å². The van der Waals surface area contributed by atoms with Gasteiger partial charge in [0.15, 0.2) is 11.5 Å². The van der Waals surface area contributed by atoms with Crippen LogP contribution < -0.4 is 15.2 Å². The van der Waals surface area contributed by atoms with Gasteiger partial charge in [-0.25, -0.2) is 0 Å². The quantitative estimate of drug-likeness (QED) is 0.686. The molecule has 0 saturated heterocycles. The first-order valence-corrected chi connectivity index (χ1v) is 6.91. The van der Waals surface area contributed by atoms with Crippen molar-refractivity contribution in [3.63, 3.8) is 0 Å². The molecule has 0 spiro atoms. The molecule has 0 aliphatic heterocycles. The van der Waals surface area contributed by atoms with Gasteiger partial charge in [0.2, 0.25) is 0 Å². The highest BCUT2D eigenvalue weighted by Crippen LogP contribution is 2.31. The first-order chi connectivity index (χ1) is 8.83. The van der Waals surface area contributed by atoms with Gasteiger partial charge in [-0.05, 0) is 37.9 Å². The molecular weight excluding hydrogens is 226 g/mol. The number of hydrogen-bond acceptors (Lipinski definition) is 3. The summed E-state index contributed by atoms with van der Waals surface area (Å²) in [4.78, 5) is 0. The third kappa shape index (κ3) is 4.57. The molecule has 0 atom stereocenters. The van der Waals surface area contributed by atoms with E-state index in [0.29, 0.717) is 13.2 Å². The second-order valence-corrected chi connectivity index (χ2v) is 4.27. The molecule has 1 aromatic rings. The Labute approximate surface area is 110 Å². The lowest BCUT2D eigenvalue weighted by molar-refractivity contribution is 0.268. The SMILES string of the molecule is CCCCCOc1c(CCN)cccc1OCC. The zero-order valence-electron chi connectivity index (χ0n) is 11.6. The van der Waals surface area contributed by atoms with Gasteiger partial charge < -0.3 is 15.2 Å². The molecule has 3 nitrogen and oxygen atoms in total. The van der Waals surface area contributed by atoms with E-state index >= 15 is 0 Å². The fourth-order valence-electron chi connectivity index (χ4n) is 1.87. The summed E-state index contributed by atoms with van der Waals surface area (Å²) in [6.45, 7) is 6.19. The van der Waals surface area contributed by atoms with Crippen LogP contribution in [-0.4, -0.2) is 19.8 Å². The highest BCUT2D eigenvalue weighted by Gasteiger charge is 2.10. The van der Waals surface area contributed by atoms with E-state index in [1.54, 1.807) is 0 Å². The first kappa shape index (κ1) is 14.8. The van der Waals surface area contributed by atoms with E-state index in [0.717, 1.165) is 36.5 Å². The van der Waals surface area contributed by atoms with Gasteiger partial charge in [-0.1, -0.05) is 31.9 Å². The average Bonchev–Trinajstić information content (AvgIpc) is 2.38. The van der Waals surface area contributed by atoms with Crippen molar-refractivity contribution in [1.29, 1.82) is 0 Å². The van der Waals surface area contributed by atoms with E-state index in [1.807, 2.05) is 19.1 Å². The third-order valence-electron chi connectivity index (χ3n) is 2.77. The second-order valence-electron chi connectivity index (χ2n) is 4.27. The maximum atomic E-state index is 5.89. The summed E-state index contributed by atoms with van der Waals surface area (Å²) in [6, 6.07) is 6.01. The van der Waals surface area contributed by atoms with Gasteiger partial charge in [-0.3, -0.25) is 0 Å². The summed E-state index contributed by atoms with van der Waals surface area (Å²) in [5.74, 6) is 1.71. The van der Waals surface area contributed by atoms with Crippen LogP contribution in [0.25, 0.3) is 0 Å². The molecule has 0 bridgehead atoms. The van der Waals surface area contributed by atoms with Gasteiger partial charge in [-0.15, -0.1) is 0 Å². The number of ether oxygens (including phenoxy) is 2. The minimum absolute atomic E-state index is 0.626. The topological polar surface area (TPSA) is 44.5 Å². The fraction of sp³-hybridized carbons (Fsp3) is 0.600. The smallest absolute Gasteiger partial charge is 0.164 e. The lowest BCUT2D eigenvalue weighted by atomic mass is 10.1. The van der Waals surface area contributed by atoms with Gasteiger partial charge in [0, 0.05) is 0 Å². The molecule has 0 amide bonds. The third-order valence-corrected chi connectivity index (χ3v) is 2.77. The van der Waals surface area contributed by atoms with Gasteiger partial charge in [0.25, 0.3) is 0 Å². The Morgan fingerprint density at radius 1 is 1.11 bits per heavy atom. The zero-order chi connectivity index (χ0) is 13.2. The summed E-state index contributed by atoms with van der Waals surface area (Å²) in [5, 5.41) is 0. The van der Waals surface area contributed by atoms with Crippen molar-refractivity contribution < 1.29 is 9.47 Å². The molecule has 1 aromatic carbocycles. The van der Waals surface area contributed by atoms with Crippen molar-refractivity contribution in [1.82, 2.24) is 0 Å². The van der Waals surface area contributed by atoms with Crippen LogP contribution in [0.4, 0.5) is 0 Å². The number of unbranched alkanes of at least 4 members (excludes halogenated alkanes) is 2. The Balaban J connectivity index is 2.74. The zero-order valence-corrected chi connectivity index (χ0v) is 11.6. The number of rotatable bonds is 9. The minimum atomic E-state index is 0.626. The average molecular weight is 251 g/mol. The van der Waals surface area contributed by atoms with Crippen LogP contribution in [-0.2, 0) is 6.42 Å². The second kappa shape index (κ2) is 8.81. The first-order valence-electron chi connectivity index (χ1n) is 6.91. The predicted octanol–water partition coefficient (Wildman–Crippen LogP) is 3.16. The summed E-state index contributed by atoms with van der Waals surface area (Å²) < 4.78 is 11.5. The predicted molar refractivity (Wildman–Crippen MR) is 75.4 cm³/mol. The van der Waals surface area contributed by atoms with Crippen molar-refractivity contribution in [3.8, 4) is 11.5 Å². The molecule has 0 fully saturated rings. The molecule has 0 radical (unpaired) electrons. The molecule has 0 aliphatic carbocycles. The van der Waals surface area contributed by atoms with Crippen LogP contribution in [0.15, 0.2) is 18.2 Å². The molecule has 3 heteroatoms. The van der Waals surface area contributed by atoms with Gasteiger partial charge in [0.05, 0.1) is 13.2 Å². The van der Waals surface area contributed by atoms with Crippen LogP contribution in [0.3, 0.4) is 0 Å². The summed E-state index contributed by atoms with van der Waals surface area (Å²) in [5.41, 5.74) is 6.77. The summed E-state index contributed by atoms with van der Waals surface area (Å²) >= 11 is 0. The van der Waals surface area contributed by atoms with Crippen LogP contribution in [0, 0.1) is 0 Å². The summed E-state index contributed by atoms with van der Waals surface area (Å²) in [7, 11) is 0. The van der Waals surface area contributed by atoms with E-state index in [1.165, 1.54) is 12.8 Å². The van der Waals surface area contributed by atoms with Crippen molar-refractivity contribution in [2.75, 3.05) is 19.8 Å². The molecule has 0 unspecified atom stereocenters. The van der Waals surface area contributed by atoms with E-state index in [4.69, 9.17) is 15.2 Å². The van der Waals surface area contributed by atoms with Gasteiger partial charge in [-0.2, -0.15) is 0 Å². The lowest BCUT2D eigenvalue weighted by Crippen LogP contribution is -2.08. The molecule has 0 aromatic heterocycles. The number of hydrogen-bond donors (Lipinski definition) is 1. The molecule has 18 heavy (non-hydrogen) atoms. The molecule has 1 rings (SSSR count). The largest absolute Gasteiger partial charge is 0.490 e. The Kier molecular flexibility index (Phi) is 7.26. The van der Waals surface area contributed by atoms with Crippen LogP contribution in [0.2, 0.25) is 0 Å². The monoisotopic (exact) mass is 251 g/mol. The van der Waals surface area contributed by atoms with E-state index in [9.17, 15) is 0 Å². The number of nitrogens with two attached hydrogens (primary N) is 1. The van der Waals surface area contributed by atoms with E-state index in [-0.39, 0.29) is 0 Å². The number of benzene rings is 1. The molecule has 0 saturated carbocycles. The standard InChI is InChI=1S/C15H25NO2/c1-3-5-6-12-18-15-13(10-11-16)8-7-9-14(15)17-4-2/h7-9H,3-6,10-12,16H2,1-2H3. The van der Waals surface area contributed by atoms with Crippen molar-refractivity contribution in [3.05, 3.63) is 23.8 Å². The van der Waals surface area contributed by atoms with Crippen LogP contribution >= 0.6 is 0 Å². The Bertz CT molecular complexity index is 315. The van der Waals surface area contributed by atoms with Gasteiger partial charge in [0.1, 0.15) is 0 Å². The molecule has 0 aliphatic rings. The highest BCUT2D eigenvalue weighted by atomic mass is 16.5. The normalized spacial score (nSPS) is 10.4. The Morgan fingerprint density at radius 3 is 2.61 bits per heavy atom. The molecule has 102 valence electrons. The highest BCUT2D eigenvalue weighted by molar-refractivity contribution is 5.46. The lowest BCUT2D eigenvalue weighted by Gasteiger charge is -2.15. The maximum Gasteiger partial charge on any atom is 0.164 e. The van der Waals surface area contributed by atoms with Crippen molar-refractivity contribution >= 4 is 0 Å². The van der Waals surface area contributed by atoms with Crippen LogP contribution in [0.5, 0.6) is 11.5 Å². The molecular formula is C15H25NO2. The number of para-hydroxylation sites is 1. The van der Waals surface area contributed by atoms with Crippen LogP contribution in [0.1, 0.15) is 38.7 Å². The Hall–Kier alpha value is -1.22. The molecule has 0 heterocycles. The van der Waals surface area contributed by atoms with Crippen molar-refractivity contribution in [2.24, 2.45) is 5.73 Å². The van der Waals surface area contributed by atoms with Gasteiger partial charge >= 0.3 is 0 Å². The molecule has 2 N–H and O–H groups in total. The van der Waals surface area contributed by atoms with Crippen molar-refractivity contribution in [2.45, 2.75) is 39.5 Å². The fourth-order valence-corrected chi connectivity index (χ4v) is 1.87. The summed E-state index contributed by atoms with van der Waals surface area (Å²) in [6.07, 6.45) is 4.30. The minimum Gasteiger partial charge on any atom is -0.490 e. The Morgan fingerprint density at radius 2 is 1.94 bits per heavy atom.